The van der Waals surface area contributed by atoms with Crippen LogP contribution in [0, 0.1) is 11.8 Å². The summed E-state index contributed by atoms with van der Waals surface area (Å²) in [5.74, 6) is 1.71. The number of unbranched alkanes of at least 4 members (excludes halogenated alkanes) is 3. The molecule has 2 heteroatoms. The van der Waals surface area contributed by atoms with E-state index in [2.05, 4.69) is 20.8 Å². The number of aliphatic hydroxyl groups excluding tert-OH is 1. The van der Waals surface area contributed by atoms with E-state index >= 15 is 0 Å². The third-order valence-corrected chi connectivity index (χ3v) is 24.5. The molecule has 3 aliphatic carbocycles. The van der Waals surface area contributed by atoms with Crippen molar-refractivity contribution in [3.63, 3.8) is 0 Å². The van der Waals surface area contributed by atoms with Gasteiger partial charge in [-0.1, -0.05) is 0 Å². The van der Waals surface area contributed by atoms with E-state index in [4.69, 9.17) is 0 Å². The molecule has 0 spiro atoms. The number of fused-ring (bicyclic) bond motifs is 1. The summed E-state index contributed by atoms with van der Waals surface area (Å²) in [6.45, 7) is 7.08. The zero-order valence-electron chi connectivity index (χ0n) is 14.0. The van der Waals surface area contributed by atoms with Crippen LogP contribution >= 0.6 is 0 Å². The Morgan fingerprint density at radius 2 is 1.35 bits per heavy atom. The van der Waals surface area contributed by atoms with Crippen LogP contribution in [0.25, 0.3) is 0 Å². The molecule has 3 saturated carbocycles. The van der Waals surface area contributed by atoms with Crippen molar-refractivity contribution in [1.29, 1.82) is 0 Å². The zero-order valence-corrected chi connectivity index (χ0v) is 16.9. The Bertz CT molecular complexity index is 269. The Labute approximate surface area is 130 Å². The molecule has 4 unspecified atom stereocenters. The van der Waals surface area contributed by atoms with Crippen molar-refractivity contribution in [2.75, 3.05) is 0 Å². The summed E-state index contributed by atoms with van der Waals surface area (Å²) in [7, 11) is 0. The van der Waals surface area contributed by atoms with Crippen LogP contribution in [0.2, 0.25) is 17.2 Å². The van der Waals surface area contributed by atoms with Crippen LogP contribution in [0.1, 0.15) is 72.1 Å². The molecule has 1 N–H and O–H groups in total. The molecule has 4 atom stereocenters. The monoisotopic (exact) mass is 388 g/mol. The van der Waals surface area contributed by atoms with Crippen LogP contribution in [0.3, 0.4) is 0 Å². The van der Waals surface area contributed by atoms with Crippen molar-refractivity contribution < 1.29 is 5.11 Å². The van der Waals surface area contributed by atoms with Crippen molar-refractivity contribution in [3.8, 4) is 0 Å². The Kier molecular flexibility index (Phi) is 6.72. The maximum absolute atomic E-state index is 10.3. The second-order valence-electron chi connectivity index (χ2n) is 7.66. The van der Waals surface area contributed by atoms with Crippen LogP contribution in [0.15, 0.2) is 0 Å². The molecular weight excluding hydrogens is 351 g/mol. The molecule has 3 rings (SSSR count). The summed E-state index contributed by atoms with van der Waals surface area (Å²) in [4.78, 5) is 0. The van der Waals surface area contributed by atoms with Gasteiger partial charge in [0, 0.05) is 0 Å². The minimum atomic E-state index is -2.02. The molecule has 0 aromatic heterocycles. The van der Waals surface area contributed by atoms with Gasteiger partial charge < -0.3 is 0 Å². The zero-order chi connectivity index (χ0) is 14.6. The topological polar surface area (TPSA) is 20.2 Å². The van der Waals surface area contributed by atoms with Gasteiger partial charge >= 0.3 is 131 Å². The molecule has 0 aliphatic heterocycles. The van der Waals surface area contributed by atoms with Gasteiger partial charge in [-0.3, -0.25) is 0 Å². The average molecular weight is 387 g/mol. The fourth-order valence-electron chi connectivity index (χ4n) is 5.34. The molecule has 1 nitrogen and oxygen atoms in total. The molecule has 2 bridgehead atoms. The summed E-state index contributed by atoms with van der Waals surface area (Å²) in [6, 6.07) is 0. The first-order valence-corrected chi connectivity index (χ1v) is 17.1. The van der Waals surface area contributed by atoms with Crippen LogP contribution in [-0.4, -0.2) is 29.6 Å². The van der Waals surface area contributed by atoms with Gasteiger partial charge in [0.2, 0.25) is 0 Å². The second-order valence-corrected chi connectivity index (χ2v) is 21.6. The van der Waals surface area contributed by atoms with Gasteiger partial charge in [0.05, 0.1) is 0 Å². The number of hydrogen-bond donors (Lipinski definition) is 1. The van der Waals surface area contributed by atoms with Gasteiger partial charge in [-0.25, -0.2) is 0 Å². The van der Waals surface area contributed by atoms with Crippen LogP contribution < -0.4 is 0 Å². The molecule has 0 radical (unpaired) electrons. The summed E-state index contributed by atoms with van der Waals surface area (Å²) in [6.07, 6.45) is 11.2. The van der Waals surface area contributed by atoms with Crippen molar-refractivity contribution in [2.45, 2.75) is 95.5 Å². The van der Waals surface area contributed by atoms with E-state index in [1.54, 1.807) is 13.3 Å². The summed E-state index contributed by atoms with van der Waals surface area (Å²) in [5, 5.41) is 10.3. The summed E-state index contributed by atoms with van der Waals surface area (Å²) >= 11 is -2.02. The SMILES string of the molecule is CCC[CH2][Sn]([CH2]CCC)([CH2]CCC)[CH]1C2CC(O)C1C2. The van der Waals surface area contributed by atoms with Crippen molar-refractivity contribution in [2.24, 2.45) is 11.8 Å². The van der Waals surface area contributed by atoms with Crippen molar-refractivity contribution >= 4 is 18.4 Å². The molecule has 3 fully saturated rings. The van der Waals surface area contributed by atoms with Crippen LogP contribution in [-0.2, 0) is 0 Å². The van der Waals surface area contributed by atoms with Gasteiger partial charge in [-0.05, 0) is 0 Å². The molecule has 3 aliphatic rings. The average Bonchev–Trinajstić information content (AvgIpc) is 2.96. The maximum atomic E-state index is 10.3. The van der Waals surface area contributed by atoms with Gasteiger partial charge in [0.1, 0.15) is 0 Å². The van der Waals surface area contributed by atoms with Crippen LogP contribution in [0.5, 0.6) is 0 Å². The molecule has 0 saturated heterocycles. The first kappa shape index (κ1) is 17.1. The minimum absolute atomic E-state index is 0.0888. The van der Waals surface area contributed by atoms with E-state index in [1.165, 1.54) is 51.4 Å². The van der Waals surface area contributed by atoms with E-state index in [0.717, 1.165) is 15.8 Å². The molecular formula is C18H36OSn. The predicted molar refractivity (Wildman–Crippen MR) is 90.9 cm³/mol. The number of aliphatic hydroxyl groups is 1. The standard InChI is InChI=1S/C6H9O.3C4H9.Sn/c7-6-3-4-1-5(6)2-4;3*1-3-4-2;/h1,4-7H,2-3H2;3*1,3-4H2,2H3;. The van der Waals surface area contributed by atoms with Crippen molar-refractivity contribution in [1.82, 2.24) is 0 Å². The van der Waals surface area contributed by atoms with Crippen molar-refractivity contribution in [3.05, 3.63) is 0 Å². The van der Waals surface area contributed by atoms with E-state index < -0.39 is 18.4 Å². The summed E-state index contributed by atoms with van der Waals surface area (Å²) in [5.41, 5.74) is 0. The van der Waals surface area contributed by atoms with E-state index in [1.807, 2.05) is 0 Å². The molecule has 118 valence electrons. The third-order valence-electron chi connectivity index (χ3n) is 6.37. The Morgan fingerprint density at radius 1 is 0.850 bits per heavy atom. The first-order chi connectivity index (χ1) is 9.68. The summed E-state index contributed by atoms with van der Waals surface area (Å²) < 4.78 is 5.98. The van der Waals surface area contributed by atoms with Crippen LogP contribution in [0.4, 0.5) is 0 Å². The third kappa shape index (κ3) is 3.39. The predicted octanol–water partition coefficient (Wildman–Crippen LogP) is 5.61. The molecule has 20 heavy (non-hydrogen) atoms. The molecule has 0 aromatic rings. The first-order valence-electron chi connectivity index (χ1n) is 9.36. The number of hydrogen-bond acceptors (Lipinski definition) is 1. The molecule has 0 amide bonds. The van der Waals surface area contributed by atoms with E-state index in [0.29, 0.717) is 0 Å². The Hall–Kier alpha value is 0.759. The fourth-order valence-corrected chi connectivity index (χ4v) is 26.6. The molecule has 0 aromatic carbocycles. The van der Waals surface area contributed by atoms with Gasteiger partial charge in [0.15, 0.2) is 0 Å². The second kappa shape index (κ2) is 7.85. The van der Waals surface area contributed by atoms with E-state index in [9.17, 15) is 5.11 Å². The Morgan fingerprint density at radius 3 is 1.65 bits per heavy atom. The van der Waals surface area contributed by atoms with Gasteiger partial charge in [0.25, 0.3) is 0 Å². The fraction of sp³-hybridized carbons (Fsp3) is 1.00. The number of rotatable bonds is 10. The Balaban J connectivity index is 2.11. The van der Waals surface area contributed by atoms with Gasteiger partial charge in [-0.2, -0.15) is 0 Å². The quantitative estimate of drug-likeness (QED) is 0.484. The normalized spacial score (nSPS) is 32.4. The van der Waals surface area contributed by atoms with E-state index in [-0.39, 0.29) is 6.10 Å². The molecule has 0 heterocycles. The van der Waals surface area contributed by atoms with Gasteiger partial charge in [-0.15, -0.1) is 0 Å².